The van der Waals surface area contributed by atoms with Crippen LogP contribution in [0, 0.1) is 6.92 Å². The summed E-state index contributed by atoms with van der Waals surface area (Å²) in [4.78, 5) is 10.8. The number of carboxylic acid groups (broad SMARTS) is 1. The molecular weight excluding hydrogens is 381 g/mol. The van der Waals surface area contributed by atoms with E-state index in [4.69, 9.17) is 16.7 Å². The van der Waals surface area contributed by atoms with Crippen LogP contribution in [0.15, 0.2) is 42.5 Å². The summed E-state index contributed by atoms with van der Waals surface area (Å²) in [6.45, 7) is 1.87. The molecule has 1 N–H and O–H groups in total. The van der Waals surface area contributed by atoms with E-state index < -0.39 is 12.3 Å². The van der Waals surface area contributed by atoms with E-state index in [1.165, 1.54) is 12.1 Å². The van der Waals surface area contributed by atoms with Gasteiger partial charge in [-0.1, -0.05) is 29.8 Å². The van der Waals surface area contributed by atoms with Crippen LogP contribution in [-0.2, 0) is 17.5 Å². The van der Waals surface area contributed by atoms with Crippen LogP contribution in [0.3, 0.4) is 0 Å². The minimum absolute atomic E-state index is 0.0396. The Labute approximate surface area is 157 Å². The topological polar surface area (TPSA) is 55.1 Å². The minimum Gasteiger partial charge on any atom is -0.478 e. The summed E-state index contributed by atoms with van der Waals surface area (Å²) >= 11 is 5.96. The summed E-state index contributed by atoms with van der Waals surface area (Å²) in [6.07, 6.45) is -2.52. The molecule has 8 heteroatoms. The number of nitrogens with zero attached hydrogens (tertiary/aromatic N) is 2. The number of halogens is 4. The van der Waals surface area contributed by atoms with E-state index in [0.717, 1.165) is 23.3 Å². The van der Waals surface area contributed by atoms with Gasteiger partial charge in [0.1, 0.15) is 0 Å². The number of hydrogen-bond acceptors (Lipinski definition) is 2. The second-order valence-corrected chi connectivity index (χ2v) is 6.43. The molecule has 0 aliphatic heterocycles. The van der Waals surface area contributed by atoms with Gasteiger partial charge >= 0.3 is 12.3 Å². The first kappa shape index (κ1) is 19.0. The smallest absolute Gasteiger partial charge is 0.478 e. The number of aryl methyl sites for hydroxylation is 1. The number of alkyl halides is 3. The van der Waals surface area contributed by atoms with E-state index in [1.807, 2.05) is 13.0 Å². The van der Waals surface area contributed by atoms with Gasteiger partial charge in [0, 0.05) is 16.5 Å². The summed E-state index contributed by atoms with van der Waals surface area (Å²) < 4.78 is 40.0. The molecule has 1 heterocycles. The van der Waals surface area contributed by atoms with E-state index >= 15 is 0 Å². The molecule has 0 aliphatic carbocycles. The van der Waals surface area contributed by atoms with Crippen molar-refractivity contribution < 1.29 is 23.1 Å². The molecule has 4 nitrogen and oxygen atoms in total. The molecule has 3 rings (SSSR count). The molecule has 0 atom stereocenters. The number of aromatic nitrogens is 2. The van der Waals surface area contributed by atoms with Crippen molar-refractivity contribution in [1.29, 1.82) is 0 Å². The molecule has 0 amide bonds. The summed E-state index contributed by atoms with van der Waals surface area (Å²) in [5, 5.41) is 13.3. The lowest BCUT2D eigenvalue weighted by Gasteiger charge is -2.10. The molecule has 0 fully saturated rings. The van der Waals surface area contributed by atoms with Crippen LogP contribution < -0.4 is 0 Å². The van der Waals surface area contributed by atoms with Crippen LogP contribution in [0.25, 0.3) is 17.0 Å². The molecule has 140 valence electrons. The van der Waals surface area contributed by atoms with Gasteiger partial charge in [0.25, 0.3) is 0 Å². The van der Waals surface area contributed by atoms with Crippen molar-refractivity contribution in [3.05, 3.63) is 69.9 Å². The number of aliphatic carboxylic acids is 1. The van der Waals surface area contributed by atoms with E-state index in [-0.39, 0.29) is 21.3 Å². The highest BCUT2D eigenvalue weighted by Gasteiger charge is 2.34. The average Bonchev–Trinajstić information content (AvgIpc) is 2.95. The number of hydrogen-bond donors (Lipinski definition) is 1. The summed E-state index contributed by atoms with van der Waals surface area (Å²) in [6, 6.07) is 9.85. The average molecular weight is 395 g/mol. The summed E-state index contributed by atoms with van der Waals surface area (Å²) in [5.41, 5.74) is 2.24. The molecule has 0 saturated carbocycles. The van der Waals surface area contributed by atoms with Crippen LogP contribution in [0.5, 0.6) is 0 Å². The third kappa shape index (κ3) is 3.98. The van der Waals surface area contributed by atoms with Crippen molar-refractivity contribution >= 4 is 34.5 Å². The van der Waals surface area contributed by atoms with E-state index in [2.05, 4.69) is 5.10 Å². The molecule has 0 bridgehead atoms. The Balaban J connectivity index is 2.21. The van der Waals surface area contributed by atoms with Gasteiger partial charge < -0.3 is 5.11 Å². The number of rotatable bonds is 4. The largest absolute Gasteiger partial charge is 0.505 e. The molecule has 0 spiro atoms. The monoisotopic (exact) mass is 394 g/mol. The minimum atomic E-state index is -4.72. The lowest BCUT2D eigenvalue weighted by atomic mass is 9.97. The molecule has 1 aromatic heterocycles. The van der Waals surface area contributed by atoms with Gasteiger partial charge in [-0.15, -0.1) is 13.2 Å². The fourth-order valence-electron chi connectivity index (χ4n) is 2.94. The van der Waals surface area contributed by atoms with Gasteiger partial charge in [-0.25, -0.2) is 4.79 Å². The summed E-state index contributed by atoms with van der Waals surface area (Å²) in [5.74, 6) is -1.27. The number of benzene rings is 2. The highest BCUT2D eigenvalue weighted by molar-refractivity contribution is 6.30. The molecular formula is C19H14ClF3N2O2. The van der Waals surface area contributed by atoms with Gasteiger partial charge in [0.2, 0.25) is 0 Å². The Hall–Kier alpha value is -2.80. The van der Waals surface area contributed by atoms with Crippen LogP contribution >= 0.6 is 11.6 Å². The van der Waals surface area contributed by atoms with Crippen LogP contribution in [0.2, 0.25) is 5.02 Å². The fourth-order valence-corrected chi connectivity index (χ4v) is 3.17. The fraction of sp³-hybridized carbons (Fsp3) is 0.158. The van der Waals surface area contributed by atoms with Gasteiger partial charge in [0.05, 0.1) is 11.2 Å². The lowest BCUT2D eigenvalue weighted by molar-refractivity contribution is -0.209. The Morgan fingerprint density at radius 2 is 2.00 bits per heavy atom. The first-order valence-electron chi connectivity index (χ1n) is 7.90. The Bertz CT molecular complexity index is 1060. The predicted octanol–water partition coefficient (Wildman–Crippen LogP) is 5.16. The quantitative estimate of drug-likeness (QED) is 0.621. The normalized spacial score (nSPS) is 12.2. The maximum absolute atomic E-state index is 13.3. The highest BCUT2D eigenvalue weighted by Crippen LogP contribution is 2.32. The van der Waals surface area contributed by atoms with Crippen molar-refractivity contribution in [2.75, 3.05) is 0 Å². The maximum Gasteiger partial charge on any atom is 0.505 e. The molecule has 0 aliphatic rings. The maximum atomic E-state index is 13.3. The first-order chi connectivity index (χ1) is 12.7. The standard InChI is InChI=1S/C19H14ClF3N2O2/c1-11-9-14(20)6-5-12(11)10-13-3-2-4-16-18(13)15(7-8-17(26)27)24-25(16)19(21,22)23/h2-9H,10H2,1H3,(H,26,27)/b8-7+. The molecule has 3 aromatic rings. The van der Waals surface area contributed by atoms with Gasteiger partial charge in [-0.3, -0.25) is 0 Å². The molecule has 0 unspecified atom stereocenters. The Morgan fingerprint density at radius 3 is 2.63 bits per heavy atom. The number of carbonyl (C=O) groups is 1. The van der Waals surface area contributed by atoms with Crippen LogP contribution in [0.4, 0.5) is 13.2 Å². The number of carboxylic acids is 1. The van der Waals surface area contributed by atoms with Crippen LogP contribution in [0.1, 0.15) is 22.4 Å². The molecule has 0 saturated heterocycles. The van der Waals surface area contributed by atoms with Crippen molar-refractivity contribution in [2.45, 2.75) is 19.6 Å². The zero-order chi connectivity index (χ0) is 19.8. The molecule has 27 heavy (non-hydrogen) atoms. The van der Waals surface area contributed by atoms with Gasteiger partial charge in [-0.05, 0) is 54.3 Å². The van der Waals surface area contributed by atoms with E-state index in [0.29, 0.717) is 17.0 Å². The van der Waals surface area contributed by atoms with E-state index in [9.17, 15) is 18.0 Å². The molecule has 0 radical (unpaired) electrons. The van der Waals surface area contributed by atoms with Crippen molar-refractivity contribution in [3.63, 3.8) is 0 Å². The number of fused-ring (bicyclic) bond motifs is 1. The van der Waals surface area contributed by atoms with Crippen LogP contribution in [-0.4, -0.2) is 20.9 Å². The SMILES string of the molecule is Cc1cc(Cl)ccc1Cc1cccc2c1c(/C=C/C(=O)O)nn2C(F)(F)F. The van der Waals surface area contributed by atoms with Crippen molar-refractivity contribution in [3.8, 4) is 0 Å². The predicted molar refractivity (Wildman–Crippen MR) is 96.7 cm³/mol. The van der Waals surface area contributed by atoms with Crippen molar-refractivity contribution in [2.24, 2.45) is 0 Å². The Kier molecular flexibility index (Phi) is 4.97. The van der Waals surface area contributed by atoms with E-state index in [1.54, 1.807) is 18.2 Å². The zero-order valence-electron chi connectivity index (χ0n) is 14.1. The second-order valence-electron chi connectivity index (χ2n) is 6.00. The zero-order valence-corrected chi connectivity index (χ0v) is 14.8. The first-order valence-corrected chi connectivity index (χ1v) is 8.28. The van der Waals surface area contributed by atoms with Gasteiger partial charge in [0.15, 0.2) is 0 Å². The third-order valence-electron chi connectivity index (χ3n) is 4.13. The Morgan fingerprint density at radius 1 is 1.26 bits per heavy atom. The van der Waals surface area contributed by atoms with Gasteiger partial charge in [-0.2, -0.15) is 9.78 Å². The molecule has 2 aromatic carbocycles. The second kappa shape index (κ2) is 7.08. The lowest BCUT2D eigenvalue weighted by Crippen LogP contribution is -2.18. The van der Waals surface area contributed by atoms with Crippen molar-refractivity contribution in [1.82, 2.24) is 9.78 Å². The summed E-state index contributed by atoms with van der Waals surface area (Å²) in [7, 11) is 0. The highest BCUT2D eigenvalue weighted by atomic mass is 35.5. The third-order valence-corrected chi connectivity index (χ3v) is 4.37.